The summed E-state index contributed by atoms with van der Waals surface area (Å²) in [6.07, 6.45) is 6.94. The summed E-state index contributed by atoms with van der Waals surface area (Å²) >= 11 is 0. The van der Waals surface area contributed by atoms with Crippen LogP contribution in [0.25, 0.3) is 0 Å². The Kier molecular flexibility index (Phi) is 5.62. The molecule has 1 N–H and O–H groups in total. The van der Waals surface area contributed by atoms with Crippen LogP contribution in [0.2, 0.25) is 0 Å². The molecule has 0 spiro atoms. The predicted octanol–water partition coefficient (Wildman–Crippen LogP) is 2.95. The van der Waals surface area contributed by atoms with Gasteiger partial charge in [0.1, 0.15) is 5.82 Å². The van der Waals surface area contributed by atoms with Gasteiger partial charge in [-0.3, -0.25) is 4.68 Å². The first-order valence-corrected chi connectivity index (χ1v) is 11.1. The molecule has 0 bridgehead atoms. The molecule has 3 fully saturated rings. The molecule has 2 aliphatic heterocycles. The average Bonchev–Trinajstić information content (AvgIpc) is 3.49. The van der Waals surface area contributed by atoms with Gasteiger partial charge >= 0.3 is 0 Å². The maximum Gasteiger partial charge on any atom is 0.195 e. The number of ether oxygens (including phenoxy) is 2. The number of aromatic nitrogens is 2. The number of aliphatic hydroxyl groups excluding tert-OH is 1. The van der Waals surface area contributed by atoms with Gasteiger partial charge in [0.2, 0.25) is 0 Å². The lowest BCUT2D eigenvalue weighted by Gasteiger charge is -2.35. The number of rotatable bonds is 6. The van der Waals surface area contributed by atoms with Gasteiger partial charge in [-0.15, -0.1) is 0 Å². The van der Waals surface area contributed by atoms with Crippen LogP contribution in [0, 0.1) is 17.7 Å². The number of hydrogen-bond acceptors (Lipinski definition) is 5. The van der Waals surface area contributed by atoms with E-state index in [-0.39, 0.29) is 18.0 Å². The Morgan fingerprint density at radius 1 is 1.10 bits per heavy atom. The first-order valence-electron chi connectivity index (χ1n) is 11.1. The average molecular weight is 416 g/mol. The van der Waals surface area contributed by atoms with Gasteiger partial charge in [-0.25, -0.2) is 4.39 Å². The number of halogens is 1. The van der Waals surface area contributed by atoms with Crippen LogP contribution in [0.5, 0.6) is 0 Å². The molecule has 3 heterocycles. The van der Waals surface area contributed by atoms with Crippen LogP contribution in [-0.2, 0) is 15.3 Å². The topological polar surface area (TPSA) is 59.8 Å². The molecule has 30 heavy (non-hydrogen) atoms. The van der Waals surface area contributed by atoms with Crippen LogP contribution in [0.3, 0.4) is 0 Å². The van der Waals surface area contributed by atoms with Crippen LogP contribution in [0.4, 0.5) is 4.39 Å². The molecule has 6 nitrogen and oxygen atoms in total. The zero-order chi connectivity index (χ0) is 20.6. The molecule has 3 aliphatic rings. The molecule has 162 valence electrons. The van der Waals surface area contributed by atoms with Crippen molar-refractivity contribution in [2.75, 3.05) is 32.8 Å². The third-order valence-corrected chi connectivity index (χ3v) is 7.07. The predicted molar refractivity (Wildman–Crippen MR) is 109 cm³/mol. The van der Waals surface area contributed by atoms with Crippen LogP contribution in [-0.4, -0.2) is 58.7 Å². The maximum absolute atomic E-state index is 13.3. The van der Waals surface area contributed by atoms with Crippen molar-refractivity contribution in [2.45, 2.75) is 43.6 Å². The Balaban J connectivity index is 1.17. The Bertz CT molecular complexity index is 823. The molecule has 5 rings (SSSR count). The second kappa shape index (κ2) is 8.38. The Morgan fingerprint density at radius 3 is 2.53 bits per heavy atom. The highest BCUT2D eigenvalue weighted by atomic mass is 19.1. The number of nitrogens with zero attached hydrogens (tertiary/aromatic N) is 3. The molecule has 2 saturated heterocycles. The number of likely N-dealkylation sites (tertiary alicyclic amines) is 1. The van der Waals surface area contributed by atoms with E-state index in [0.29, 0.717) is 25.0 Å². The van der Waals surface area contributed by atoms with Crippen molar-refractivity contribution in [1.29, 1.82) is 0 Å². The first-order chi connectivity index (χ1) is 14.6. The lowest BCUT2D eigenvalue weighted by atomic mass is 9.77. The van der Waals surface area contributed by atoms with E-state index in [1.165, 1.54) is 12.1 Å². The van der Waals surface area contributed by atoms with Crippen molar-refractivity contribution in [3.8, 4) is 0 Å². The van der Waals surface area contributed by atoms with E-state index in [1.54, 1.807) is 18.3 Å². The zero-order valence-corrected chi connectivity index (χ0v) is 17.2. The minimum absolute atomic E-state index is 0.0863. The molecule has 1 aromatic carbocycles. The van der Waals surface area contributed by atoms with E-state index in [9.17, 15) is 9.50 Å². The monoisotopic (exact) mass is 415 g/mol. The smallest absolute Gasteiger partial charge is 0.195 e. The minimum atomic E-state index is -0.748. The Hall–Kier alpha value is -1.80. The van der Waals surface area contributed by atoms with Gasteiger partial charge in [0.25, 0.3) is 0 Å². The molecule has 0 amide bonds. The highest BCUT2D eigenvalue weighted by molar-refractivity contribution is 5.22. The van der Waals surface area contributed by atoms with Gasteiger partial charge < -0.3 is 19.5 Å². The van der Waals surface area contributed by atoms with Crippen molar-refractivity contribution in [2.24, 2.45) is 11.8 Å². The van der Waals surface area contributed by atoms with Gasteiger partial charge in [-0.2, -0.15) is 5.10 Å². The SMILES string of the molecule is O[C@@H]1C[C@H]2CN(CCCC3(c4ccc(F)cc4)OCCO3)C[C@H]2C[C@H]1n1cccn1. The normalized spacial score (nSPS) is 31.1. The fraction of sp³-hybridized carbons (Fsp3) is 0.609. The molecule has 4 atom stereocenters. The third kappa shape index (κ3) is 3.91. The second-order valence-electron chi connectivity index (χ2n) is 8.93. The van der Waals surface area contributed by atoms with Crippen LogP contribution in [0.1, 0.15) is 37.3 Å². The fourth-order valence-corrected chi connectivity index (χ4v) is 5.60. The second-order valence-corrected chi connectivity index (χ2v) is 8.93. The Morgan fingerprint density at radius 2 is 1.83 bits per heavy atom. The number of fused-ring (bicyclic) bond motifs is 1. The van der Waals surface area contributed by atoms with Crippen molar-refractivity contribution in [1.82, 2.24) is 14.7 Å². The quantitative estimate of drug-likeness (QED) is 0.786. The molecule has 1 aromatic heterocycles. The number of benzene rings is 1. The van der Waals surface area contributed by atoms with Crippen LogP contribution < -0.4 is 0 Å². The molecule has 0 radical (unpaired) electrons. The van der Waals surface area contributed by atoms with Crippen molar-refractivity contribution in [3.63, 3.8) is 0 Å². The first kappa shape index (κ1) is 20.1. The zero-order valence-electron chi connectivity index (χ0n) is 17.2. The van der Waals surface area contributed by atoms with E-state index < -0.39 is 5.79 Å². The summed E-state index contributed by atoms with van der Waals surface area (Å²) in [7, 11) is 0. The van der Waals surface area contributed by atoms with E-state index in [0.717, 1.165) is 50.9 Å². The lowest BCUT2D eigenvalue weighted by Crippen LogP contribution is -2.36. The van der Waals surface area contributed by atoms with Gasteiger partial charge in [-0.1, -0.05) is 12.1 Å². The van der Waals surface area contributed by atoms with Crippen LogP contribution >= 0.6 is 0 Å². The molecular formula is C23H30FN3O3. The van der Waals surface area contributed by atoms with Crippen molar-refractivity contribution < 1.29 is 19.0 Å². The summed E-state index contributed by atoms with van der Waals surface area (Å²) in [5, 5.41) is 15.0. The highest BCUT2D eigenvalue weighted by Crippen LogP contribution is 2.41. The summed E-state index contributed by atoms with van der Waals surface area (Å²) < 4.78 is 27.2. The van der Waals surface area contributed by atoms with E-state index in [4.69, 9.17) is 9.47 Å². The summed E-state index contributed by atoms with van der Waals surface area (Å²) in [6, 6.07) is 8.47. The molecule has 1 saturated carbocycles. The molecule has 2 aromatic rings. The molecule has 0 unspecified atom stereocenters. The summed E-state index contributed by atoms with van der Waals surface area (Å²) in [4.78, 5) is 2.51. The van der Waals surface area contributed by atoms with E-state index in [1.807, 2.05) is 16.9 Å². The van der Waals surface area contributed by atoms with E-state index >= 15 is 0 Å². The fourth-order valence-electron chi connectivity index (χ4n) is 5.60. The van der Waals surface area contributed by atoms with E-state index in [2.05, 4.69) is 10.00 Å². The molecule has 1 aliphatic carbocycles. The van der Waals surface area contributed by atoms with Gasteiger partial charge in [0, 0.05) is 37.5 Å². The maximum atomic E-state index is 13.3. The van der Waals surface area contributed by atoms with Crippen LogP contribution in [0.15, 0.2) is 42.7 Å². The summed E-state index contributed by atoms with van der Waals surface area (Å²) in [5.41, 5.74) is 0.890. The van der Waals surface area contributed by atoms with Gasteiger partial charge in [0.15, 0.2) is 5.79 Å². The summed E-state index contributed by atoms with van der Waals surface area (Å²) in [5.74, 6) is 0.161. The minimum Gasteiger partial charge on any atom is -0.391 e. The third-order valence-electron chi connectivity index (χ3n) is 7.07. The Labute approximate surface area is 176 Å². The van der Waals surface area contributed by atoms with Crippen molar-refractivity contribution in [3.05, 3.63) is 54.1 Å². The molecular weight excluding hydrogens is 385 g/mol. The molecule has 7 heteroatoms. The van der Waals surface area contributed by atoms with Crippen molar-refractivity contribution >= 4 is 0 Å². The number of aliphatic hydroxyl groups is 1. The summed E-state index contributed by atoms with van der Waals surface area (Å²) in [6.45, 7) is 4.22. The largest absolute Gasteiger partial charge is 0.391 e. The van der Waals surface area contributed by atoms with Gasteiger partial charge in [0.05, 0.1) is 25.4 Å². The van der Waals surface area contributed by atoms with Gasteiger partial charge in [-0.05, 0) is 55.8 Å². The number of hydrogen-bond donors (Lipinski definition) is 1. The highest BCUT2D eigenvalue weighted by Gasteiger charge is 2.43. The lowest BCUT2D eigenvalue weighted by molar-refractivity contribution is -0.172. The standard InChI is InChI=1S/C23H30FN3O3/c24-20-5-3-19(4-6-20)23(29-11-12-30-23)7-1-9-26-15-17-13-21(27-10-2-8-25-27)22(28)14-18(17)16-26/h2-6,8,10,17-18,21-22,28H,1,7,9,11-16H2/t17-,18+,21-,22-/m1/s1.